The van der Waals surface area contributed by atoms with Gasteiger partial charge in [-0.05, 0) is 24.5 Å². The van der Waals surface area contributed by atoms with Crippen LogP contribution < -0.4 is 0 Å². The van der Waals surface area contributed by atoms with Gasteiger partial charge in [0.1, 0.15) is 5.92 Å². The van der Waals surface area contributed by atoms with Gasteiger partial charge >= 0.3 is 5.97 Å². The van der Waals surface area contributed by atoms with E-state index in [2.05, 4.69) is 0 Å². The van der Waals surface area contributed by atoms with Crippen LogP contribution in [-0.2, 0) is 21.6 Å². The number of hydrogen-bond acceptors (Lipinski definition) is 4. The molecule has 1 N–H and O–H groups in total. The molecule has 1 aliphatic carbocycles. The first-order chi connectivity index (χ1) is 11.1. The van der Waals surface area contributed by atoms with Gasteiger partial charge in [-0.3, -0.25) is 9.59 Å². The van der Waals surface area contributed by atoms with Gasteiger partial charge in [-0.25, -0.2) is 0 Å². The maximum absolute atomic E-state index is 13.0. The number of ether oxygens (including phenoxy) is 1. The van der Waals surface area contributed by atoms with Crippen molar-refractivity contribution in [1.82, 2.24) is 0 Å². The zero-order chi connectivity index (χ0) is 16.4. The smallest absolute Gasteiger partial charge is 0.313 e. The minimum Gasteiger partial charge on any atom is -0.466 e. The van der Waals surface area contributed by atoms with Gasteiger partial charge < -0.3 is 9.84 Å². The van der Waals surface area contributed by atoms with Gasteiger partial charge in [-0.1, -0.05) is 54.6 Å². The van der Waals surface area contributed by atoms with Crippen molar-refractivity contribution in [3.8, 4) is 0 Å². The summed E-state index contributed by atoms with van der Waals surface area (Å²) in [6, 6.07) is 15.7. The molecule has 2 aromatic rings. The number of aliphatic hydroxyl groups is 1. The molecule has 0 radical (unpaired) electrons. The molecule has 4 nitrogen and oxygen atoms in total. The normalized spacial score (nSPS) is 23.2. The van der Waals surface area contributed by atoms with E-state index in [-0.39, 0.29) is 13.0 Å². The Kier molecular flexibility index (Phi) is 4.01. The Morgan fingerprint density at radius 1 is 1.17 bits per heavy atom. The molecular formula is C19H18O4. The molecule has 0 aliphatic heterocycles. The Bertz CT molecular complexity index is 738. The predicted molar refractivity (Wildman–Crippen MR) is 84.9 cm³/mol. The van der Waals surface area contributed by atoms with Gasteiger partial charge in [0.25, 0.3) is 0 Å². The molecule has 23 heavy (non-hydrogen) atoms. The van der Waals surface area contributed by atoms with Crippen molar-refractivity contribution in [2.45, 2.75) is 18.9 Å². The van der Waals surface area contributed by atoms with Crippen LogP contribution in [0.1, 0.15) is 28.4 Å². The Morgan fingerprint density at radius 3 is 2.52 bits per heavy atom. The summed E-state index contributed by atoms with van der Waals surface area (Å²) in [4.78, 5) is 25.4. The maximum atomic E-state index is 13.0. The van der Waals surface area contributed by atoms with E-state index in [1.807, 2.05) is 12.1 Å². The molecule has 1 aliphatic rings. The van der Waals surface area contributed by atoms with Gasteiger partial charge in [0, 0.05) is 5.56 Å². The molecule has 0 fully saturated rings. The average molecular weight is 310 g/mol. The van der Waals surface area contributed by atoms with Gasteiger partial charge in [0.05, 0.1) is 6.61 Å². The molecule has 0 spiro atoms. The summed E-state index contributed by atoms with van der Waals surface area (Å²) in [5.41, 5.74) is -0.268. The Labute approximate surface area is 134 Å². The standard InChI is InChI=1S/C19H18O4/c1-2-23-18(21)16-12-13-8-6-7-11-15(13)17(20)19(16,22)14-9-4-3-5-10-14/h3-11,16,22H,2,12H2,1H3/t16-,19+/m1/s1. The van der Waals surface area contributed by atoms with Crippen LogP contribution in [0.15, 0.2) is 54.6 Å². The van der Waals surface area contributed by atoms with Crippen molar-refractivity contribution in [2.75, 3.05) is 6.61 Å². The lowest BCUT2D eigenvalue weighted by molar-refractivity contribution is -0.156. The molecule has 4 heteroatoms. The van der Waals surface area contributed by atoms with E-state index in [0.717, 1.165) is 5.56 Å². The summed E-state index contributed by atoms with van der Waals surface area (Å²) >= 11 is 0. The monoisotopic (exact) mass is 310 g/mol. The first-order valence-corrected chi connectivity index (χ1v) is 7.66. The number of benzene rings is 2. The molecule has 0 aromatic heterocycles. The molecule has 0 saturated heterocycles. The van der Waals surface area contributed by atoms with Crippen LogP contribution in [0.2, 0.25) is 0 Å². The van der Waals surface area contributed by atoms with E-state index in [4.69, 9.17) is 4.74 Å². The Morgan fingerprint density at radius 2 is 1.83 bits per heavy atom. The SMILES string of the molecule is CCOC(=O)[C@H]1Cc2ccccc2C(=O)[C@]1(O)c1ccccc1. The van der Waals surface area contributed by atoms with Crippen LogP contribution in [0.3, 0.4) is 0 Å². The Balaban J connectivity index is 2.16. The lowest BCUT2D eigenvalue weighted by atomic mass is 9.68. The van der Waals surface area contributed by atoms with Crippen molar-refractivity contribution < 1.29 is 19.4 Å². The minimum absolute atomic E-state index is 0.204. The molecule has 3 rings (SSSR count). The number of fused-ring (bicyclic) bond motifs is 1. The fourth-order valence-electron chi connectivity index (χ4n) is 3.17. The molecule has 0 heterocycles. The fraction of sp³-hybridized carbons (Fsp3) is 0.263. The molecule has 118 valence electrons. The van der Waals surface area contributed by atoms with Crippen LogP contribution in [0.5, 0.6) is 0 Å². The van der Waals surface area contributed by atoms with E-state index in [1.165, 1.54) is 0 Å². The number of carbonyl (C=O) groups is 2. The highest BCUT2D eigenvalue weighted by atomic mass is 16.5. The third kappa shape index (κ3) is 2.45. The zero-order valence-electron chi connectivity index (χ0n) is 12.9. The van der Waals surface area contributed by atoms with E-state index >= 15 is 0 Å². The second-order valence-corrected chi connectivity index (χ2v) is 5.63. The highest BCUT2D eigenvalue weighted by molar-refractivity contribution is 6.07. The summed E-state index contributed by atoms with van der Waals surface area (Å²) in [5, 5.41) is 11.3. The summed E-state index contributed by atoms with van der Waals surface area (Å²) in [5.74, 6) is -1.96. The number of rotatable bonds is 3. The van der Waals surface area contributed by atoms with Crippen molar-refractivity contribution in [1.29, 1.82) is 0 Å². The van der Waals surface area contributed by atoms with Crippen LogP contribution in [-0.4, -0.2) is 23.5 Å². The average Bonchev–Trinajstić information content (AvgIpc) is 2.59. The minimum atomic E-state index is -1.90. The molecule has 0 saturated carbocycles. The molecule has 0 bridgehead atoms. The Hall–Kier alpha value is -2.46. The third-order valence-corrected chi connectivity index (χ3v) is 4.32. The number of hydrogen-bond donors (Lipinski definition) is 1. The molecule has 0 unspecified atom stereocenters. The van der Waals surface area contributed by atoms with Crippen LogP contribution in [0, 0.1) is 5.92 Å². The molecule has 0 amide bonds. The molecule has 2 aromatic carbocycles. The van der Waals surface area contributed by atoms with E-state index in [9.17, 15) is 14.7 Å². The van der Waals surface area contributed by atoms with Crippen molar-refractivity contribution >= 4 is 11.8 Å². The van der Waals surface area contributed by atoms with Crippen molar-refractivity contribution in [3.63, 3.8) is 0 Å². The van der Waals surface area contributed by atoms with Gasteiger partial charge in [-0.2, -0.15) is 0 Å². The molecular weight excluding hydrogens is 292 g/mol. The maximum Gasteiger partial charge on any atom is 0.313 e. The summed E-state index contributed by atoms with van der Waals surface area (Å²) in [6.07, 6.45) is 0.270. The lowest BCUT2D eigenvalue weighted by Gasteiger charge is -2.38. The highest BCUT2D eigenvalue weighted by Crippen LogP contribution is 2.41. The summed E-state index contributed by atoms with van der Waals surface area (Å²) in [7, 11) is 0. The quantitative estimate of drug-likeness (QED) is 0.885. The first kappa shape index (κ1) is 15.4. The highest BCUT2D eigenvalue weighted by Gasteiger charge is 2.53. The van der Waals surface area contributed by atoms with E-state index in [0.29, 0.717) is 11.1 Å². The van der Waals surface area contributed by atoms with Gasteiger partial charge in [0.15, 0.2) is 11.4 Å². The fourth-order valence-corrected chi connectivity index (χ4v) is 3.17. The second kappa shape index (κ2) is 5.97. The van der Waals surface area contributed by atoms with Gasteiger partial charge in [-0.15, -0.1) is 0 Å². The second-order valence-electron chi connectivity index (χ2n) is 5.63. The number of ketones is 1. The van der Waals surface area contributed by atoms with Gasteiger partial charge in [0.2, 0.25) is 0 Å². The van der Waals surface area contributed by atoms with Crippen molar-refractivity contribution in [2.24, 2.45) is 5.92 Å². The van der Waals surface area contributed by atoms with Crippen LogP contribution in [0.25, 0.3) is 0 Å². The summed E-state index contributed by atoms with van der Waals surface area (Å²) < 4.78 is 5.11. The number of Topliss-reactive ketones (excluding diaryl/α,β-unsaturated/α-hetero) is 1. The van der Waals surface area contributed by atoms with E-state index in [1.54, 1.807) is 49.4 Å². The van der Waals surface area contributed by atoms with Crippen LogP contribution in [0.4, 0.5) is 0 Å². The van der Waals surface area contributed by atoms with Crippen LogP contribution >= 0.6 is 0 Å². The van der Waals surface area contributed by atoms with Crippen molar-refractivity contribution in [3.05, 3.63) is 71.3 Å². The number of esters is 1. The zero-order valence-corrected chi connectivity index (χ0v) is 12.9. The topological polar surface area (TPSA) is 63.6 Å². The first-order valence-electron chi connectivity index (χ1n) is 7.66. The largest absolute Gasteiger partial charge is 0.466 e. The molecule has 2 atom stereocenters. The predicted octanol–water partition coefficient (Wildman–Crippen LogP) is 2.49. The third-order valence-electron chi connectivity index (χ3n) is 4.32. The lowest BCUT2D eigenvalue weighted by Crippen LogP contribution is -2.51. The summed E-state index contributed by atoms with van der Waals surface area (Å²) in [6.45, 7) is 1.91. The number of carbonyl (C=O) groups excluding carboxylic acids is 2. The van der Waals surface area contributed by atoms with E-state index < -0.39 is 23.3 Å².